The van der Waals surface area contributed by atoms with E-state index in [1.54, 1.807) is 0 Å². The van der Waals surface area contributed by atoms with E-state index in [-0.39, 0.29) is 32.7 Å². The summed E-state index contributed by atoms with van der Waals surface area (Å²) in [6.07, 6.45) is 4.36. The molecule has 1 rings (SSSR count). The predicted molar refractivity (Wildman–Crippen MR) is 102 cm³/mol. The molecule has 0 atom stereocenters. The molecule has 0 N–H and O–H groups in total. The predicted octanol–water partition coefficient (Wildman–Crippen LogP) is 4.84. The third-order valence-electron chi connectivity index (χ3n) is 5.45. The minimum Gasteiger partial charge on any atom is -0.305 e. The molecule has 131 valence electrons. The Hall–Kier alpha value is -0.596. The van der Waals surface area contributed by atoms with Crippen LogP contribution in [0.2, 0.25) is 0 Å². The third kappa shape index (κ3) is 4.73. The zero-order valence-electron chi connectivity index (χ0n) is 17.3. The molecule has 2 nitrogen and oxygen atoms in total. The SMILES string of the molecule is C[CH-]/C(C)=[N+](/C)C/[N+](=C(/C)[CH-]C)c1c(C)c(C)c(C)c(C)c1C.[Y]. The monoisotopic (exact) mass is 403 g/mol. The van der Waals surface area contributed by atoms with E-state index < -0.39 is 0 Å². The van der Waals surface area contributed by atoms with Crippen molar-refractivity contribution in [2.24, 2.45) is 0 Å². The van der Waals surface area contributed by atoms with Gasteiger partial charge in [-0.15, -0.1) is 0 Å². The van der Waals surface area contributed by atoms with Gasteiger partial charge in [0.25, 0.3) is 0 Å². The van der Waals surface area contributed by atoms with Gasteiger partial charge in [-0.2, -0.15) is 18.4 Å². The fourth-order valence-electron chi connectivity index (χ4n) is 2.94. The van der Waals surface area contributed by atoms with Crippen LogP contribution in [0.3, 0.4) is 0 Å². The Morgan fingerprint density at radius 1 is 0.750 bits per heavy atom. The van der Waals surface area contributed by atoms with Gasteiger partial charge in [-0.25, -0.2) is 4.58 Å². The van der Waals surface area contributed by atoms with Crippen molar-refractivity contribution in [1.29, 1.82) is 0 Å². The average molecular weight is 403 g/mol. The minimum absolute atomic E-state index is 0. The Kier molecular flexibility index (Phi) is 9.53. The van der Waals surface area contributed by atoms with Crippen LogP contribution in [0.5, 0.6) is 0 Å². The molecule has 0 saturated carbocycles. The smallest absolute Gasteiger partial charge is 0.305 e. The Balaban J connectivity index is 0.00000529. The second-order valence-electron chi connectivity index (χ2n) is 6.60. The molecule has 0 spiro atoms. The van der Waals surface area contributed by atoms with Gasteiger partial charge in [0.2, 0.25) is 5.69 Å². The van der Waals surface area contributed by atoms with Crippen molar-refractivity contribution >= 4 is 17.1 Å². The van der Waals surface area contributed by atoms with Crippen LogP contribution in [0.4, 0.5) is 5.69 Å². The van der Waals surface area contributed by atoms with Gasteiger partial charge in [0, 0.05) is 55.3 Å². The van der Waals surface area contributed by atoms with Crippen molar-refractivity contribution in [1.82, 2.24) is 0 Å². The summed E-state index contributed by atoms with van der Waals surface area (Å²) in [7, 11) is 2.16. The fraction of sp³-hybridized carbons (Fsp3) is 0.524. The van der Waals surface area contributed by atoms with Crippen LogP contribution in [-0.2, 0) is 32.7 Å². The van der Waals surface area contributed by atoms with E-state index in [2.05, 4.69) is 91.4 Å². The van der Waals surface area contributed by atoms with Crippen molar-refractivity contribution in [2.45, 2.75) is 62.3 Å². The Bertz CT molecular complexity index is 638. The van der Waals surface area contributed by atoms with E-state index in [9.17, 15) is 0 Å². The molecule has 1 radical (unpaired) electrons. The van der Waals surface area contributed by atoms with Gasteiger partial charge in [-0.3, -0.25) is 0 Å². The normalized spacial score (nSPS) is 12.9. The van der Waals surface area contributed by atoms with Gasteiger partial charge < -0.3 is 12.8 Å². The Labute approximate surface area is 174 Å². The van der Waals surface area contributed by atoms with Gasteiger partial charge in [0.15, 0.2) is 0 Å². The molecule has 24 heavy (non-hydrogen) atoms. The zero-order valence-corrected chi connectivity index (χ0v) is 20.2. The second-order valence-corrected chi connectivity index (χ2v) is 6.60. The van der Waals surface area contributed by atoms with E-state index >= 15 is 0 Å². The number of hydrogen-bond acceptors (Lipinski definition) is 0. The zero-order chi connectivity index (χ0) is 17.9. The largest absolute Gasteiger partial charge is 0.334 e. The summed E-state index contributed by atoms with van der Waals surface area (Å²) in [6, 6.07) is 0. The molecular weight excluding hydrogens is 369 g/mol. The molecule has 3 heteroatoms. The topological polar surface area (TPSA) is 6.02 Å². The van der Waals surface area contributed by atoms with Crippen molar-refractivity contribution in [3.05, 3.63) is 40.7 Å². The van der Waals surface area contributed by atoms with Gasteiger partial charge in [0.1, 0.15) is 7.05 Å². The van der Waals surface area contributed by atoms with Crippen LogP contribution in [-0.4, -0.2) is 34.3 Å². The number of rotatable bonds is 5. The van der Waals surface area contributed by atoms with E-state index in [4.69, 9.17) is 0 Å². The van der Waals surface area contributed by atoms with E-state index in [1.165, 1.54) is 44.9 Å². The van der Waals surface area contributed by atoms with Crippen LogP contribution in [0, 0.1) is 47.5 Å². The van der Waals surface area contributed by atoms with Gasteiger partial charge in [0.05, 0.1) is 0 Å². The molecule has 0 aliphatic rings. The number of hydrogen-bond donors (Lipinski definition) is 0. The van der Waals surface area contributed by atoms with Crippen molar-refractivity contribution in [3.63, 3.8) is 0 Å². The number of nitrogens with zero attached hydrogens (tertiary/aromatic N) is 2. The maximum Gasteiger partial charge on any atom is 0.334 e. The quantitative estimate of drug-likeness (QED) is 0.287. The van der Waals surface area contributed by atoms with Gasteiger partial charge in [-0.05, 0) is 65.2 Å². The minimum atomic E-state index is 0. The van der Waals surface area contributed by atoms with E-state index in [0.29, 0.717) is 0 Å². The molecule has 1 aromatic carbocycles. The standard InChI is InChI=1S/C21H34N2.Y/c1-11-14(3)22(10)13-23(15(4)12-2)21-19(8)17(6)16(5)18(7)20(21)9;/h11-12H,13H2,1-10H3;/b22-14-,23-15+;. The van der Waals surface area contributed by atoms with Crippen LogP contribution in [0.15, 0.2) is 0 Å². The van der Waals surface area contributed by atoms with Crippen LogP contribution in [0.1, 0.15) is 55.5 Å². The molecular formula is C21H34N2Y. The average Bonchev–Trinajstić information content (AvgIpc) is 2.55. The Morgan fingerprint density at radius 3 is 1.50 bits per heavy atom. The third-order valence-corrected chi connectivity index (χ3v) is 5.45. The molecule has 0 aromatic heterocycles. The molecule has 0 aliphatic carbocycles. The summed E-state index contributed by atoms with van der Waals surface area (Å²) in [5.41, 5.74) is 10.9. The maximum absolute atomic E-state index is 2.44. The summed E-state index contributed by atoms with van der Waals surface area (Å²) < 4.78 is 4.74. The van der Waals surface area contributed by atoms with Crippen LogP contribution < -0.4 is 0 Å². The number of benzene rings is 1. The Morgan fingerprint density at radius 2 is 1.12 bits per heavy atom. The maximum atomic E-state index is 2.44. The van der Waals surface area contributed by atoms with Crippen molar-refractivity contribution < 1.29 is 41.9 Å². The first-order valence-electron chi connectivity index (χ1n) is 8.48. The molecule has 0 amide bonds. The molecule has 0 bridgehead atoms. The van der Waals surface area contributed by atoms with E-state index in [1.807, 2.05) is 0 Å². The molecule has 1 aromatic rings. The van der Waals surface area contributed by atoms with Crippen LogP contribution in [0.25, 0.3) is 0 Å². The summed E-state index contributed by atoms with van der Waals surface area (Å²) in [4.78, 5) is 0. The summed E-state index contributed by atoms with van der Waals surface area (Å²) in [5.74, 6) is 0. The summed E-state index contributed by atoms with van der Waals surface area (Å²) in [5, 5.41) is 0. The van der Waals surface area contributed by atoms with Crippen molar-refractivity contribution in [3.8, 4) is 0 Å². The molecule has 0 saturated heterocycles. The van der Waals surface area contributed by atoms with E-state index in [0.717, 1.165) is 6.67 Å². The summed E-state index contributed by atoms with van der Waals surface area (Å²) in [6.45, 7) is 20.6. The fourth-order valence-corrected chi connectivity index (χ4v) is 2.94. The van der Waals surface area contributed by atoms with Gasteiger partial charge >= 0.3 is 6.67 Å². The van der Waals surface area contributed by atoms with Crippen molar-refractivity contribution in [2.75, 3.05) is 13.7 Å². The molecule has 0 unspecified atom stereocenters. The van der Waals surface area contributed by atoms with Crippen LogP contribution >= 0.6 is 0 Å². The molecule has 0 aliphatic heterocycles. The first-order chi connectivity index (χ1) is 10.7. The second kappa shape index (κ2) is 9.77. The summed E-state index contributed by atoms with van der Waals surface area (Å²) >= 11 is 0. The molecule has 0 heterocycles. The molecule has 0 fully saturated rings. The van der Waals surface area contributed by atoms with Gasteiger partial charge in [-0.1, -0.05) is 0 Å². The first kappa shape index (κ1) is 23.4. The first-order valence-corrected chi connectivity index (χ1v) is 8.48.